The standard InChI is InChI=1S/C11H11Cl2NO/c1-3-11(15)14-7(2)9-5-4-8(12)6-10(9)13/h3-7H,1H2,2H3,(H,14,15)/t7-/m0/s1. The van der Waals surface area contributed by atoms with Gasteiger partial charge in [0.15, 0.2) is 0 Å². The molecule has 0 saturated heterocycles. The van der Waals surface area contributed by atoms with Gasteiger partial charge >= 0.3 is 0 Å². The van der Waals surface area contributed by atoms with Crippen LogP contribution in [0.3, 0.4) is 0 Å². The monoisotopic (exact) mass is 243 g/mol. The lowest BCUT2D eigenvalue weighted by Crippen LogP contribution is -2.24. The fourth-order valence-corrected chi connectivity index (χ4v) is 1.77. The van der Waals surface area contributed by atoms with Crippen molar-refractivity contribution in [3.8, 4) is 0 Å². The minimum Gasteiger partial charge on any atom is -0.346 e. The van der Waals surface area contributed by atoms with E-state index >= 15 is 0 Å². The second-order valence-corrected chi connectivity index (χ2v) is 3.94. The molecule has 0 heterocycles. The molecule has 0 saturated carbocycles. The predicted molar refractivity (Wildman–Crippen MR) is 63.2 cm³/mol. The lowest BCUT2D eigenvalue weighted by Gasteiger charge is -2.14. The molecule has 0 unspecified atom stereocenters. The Kier molecular flexibility index (Phi) is 4.18. The summed E-state index contributed by atoms with van der Waals surface area (Å²) in [6.45, 7) is 5.22. The minimum absolute atomic E-state index is 0.166. The Bertz CT molecular complexity index is 390. The fourth-order valence-electron chi connectivity index (χ4n) is 1.20. The van der Waals surface area contributed by atoms with E-state index in [9.17, 15) is 4.79 Å². The molecule has 0 aliphatic rings. The molecule has 0 aromatic heterocycles. The Hall–Kier alpha value is -0.990. The van der Waals surface area contributed by atoms with Crippen LogP contribution in [-0.2, 0) is 4.79 Å². The van der Waals surface area contributed by atoms with Crippen LogP contribution < -0.4 is 5.32 Å². The van der Waals surface area contributed by atoms with Crippen molar-refractivity contribution in [3.05, 3.63) is 46.5 Å². The molecule has 1 atom stereocenters. The maximum Gasteiger partial charge on any atom is 0.243 e. The van der Waals surface area contributed by atoms with Gasteiger partial charge in [-0.25, -0.2) is 0 Å². The maximum atomic E-state index is 11.1. The normalized spacial score (nSPS) is 11.9. The number of rotatable bonds is 3. The van der Waals surface area contributed by atoms with Crippen molar-refractivity contribution in [2.24, 2.45) is 0 Å². The first-order chi connectivity index (χ1) is 7.04. The first-order valence-corrected chi connectivity index (χ1v) is 5.18. The number of amides is 1. The maximum absolute atomic E-state index is 11.1. The Labute approximate surface area is 98.9 Å². The van der Waals surface area contributed by atoms with Gasteiger partial charge in [-0.3, -0.25) is 4.79 Å². The van der Waals surface area contributed by atoms with Crippen LogP contribution in [-0.4, -0.2) is 5.91 Å². The molecule has 0 bridgehead atoms. The smallest absolute Gasteiger partial charge is 0.243 e. The summed E-state index contributed by atoms with van der Waals surface area (Å²) in [6, 6.07) is 5.01. The Morgan fingerprint density at radius 3 is 2.73 bits per heavy atom. The van der Waals surface area contributed by atoms with Crippen molar-refractivity contribution in [3.63, 3.8) is 0 Å². The van der Waals surface area contributed by atoms with Crippen LogP contribution in [0, 0.1) is 0 Å². The van der Waals surface area contributed by atoms with Crippen molar-refractivity contribution < 1.29 is 4.79 Å². The van der Waals surface area contributed by atoms with Crippen LogP contribution in [0.25, 0.3) is 0 Å². The van der Waals surface area contributed by atoms with Gasteiger partial charge in [-0.05, 0) is 30.7 Å². The zero-order chi connectivity index (χ0) is 11.4. The van der Waals surface area contributed by atoms with E-state index in [1.54, 1.807) is 18.2 Å². The van der Waals surface area contributed by atoms with Crippen molar-refractivity contribution in [1.29, 1.82) is 0 Å². The van der Waals surface area contributed by atoms with E-state index < -0.39 is 0 Å². The lowest BCUT2D eigenvalue weighted by molar-refractivity contribution is -0.117. The van der Waals surface area contributed by atoms with Gasteiger partial charge in [0.1, 0.15) is 0 Å². The SMILES string of the molecule is C=CC(=O)N[C@@H](C)c1ccc(Cl)cc1Cl. The molecular weight excluding hydrogens is 233 g/mol. The number of halogens is 2. The second kappa shape index (κ2) is 5.19. The largest absolute Gasteiger partial charge is 0.346 e. The van der Waals surface area contributed by atoms with E-state index in [4.69, 9.17) is 23.2 Å². The van der Waals surface area contributed by atoms with E-state index in [-0.39, 0.29) is 11.9 Å². The minimum atomic E-state index is -0.228. The van der Waals surface area contributed by atoms with Crippen LogP contribution in [0.1, 0.15) is 18.5 Å². The highest BCUT2D eigenvalue weighted by molar-refractivity contribution is 6.35. The second-order valence-electron chi connectivity index (χ2n) is 3.10. The zero-order valence-electron chi connectivity index (χ0n) is 8.26. The van der Waals surface area contributed by atoms with Crippen LogP contribution in [0.4, 0.5) is 0 Å². The van der Waals surface area contributed by atoms with Gasteiger partial charge in [0.25, 0.3) is 0 Å². The highest BCUT2D eigenvalue weighted by Crippen LogP contribution is 2.25. The summed E-state index contributed by atoms with van der Waals surface area (Å²) >= 11 is 11.8. The van der Waals surface area contributed by atoms with Gasteiger partial charge in [0.2, 0.25) is 5.91 Å². The van der Waals surface area contributed by atoms with E-state index in [2.05, 4.69) is 11.9 Å². The first kappa shape index (κ1) is 12.1. The van der Waals surface area contributed by atoms with Crippen molar-refractivity contribution in [2.45, 2.75) is 13.0 Å². The van der Waals surface area contributed by atoms with E-state index in [1.807, 2.05) is 6.92 Å². The number of carbonyl (C=O) groups is 1. The molecule has 0 fully saturated rings. The molecule has 1 rings (SSSR count). The van der Waals surface area contributed by atoms with Crippen LogP contribution in [0.15, 0.2) is 30.9 Å². The van der Waals surface area contributed by atoms with Gasteiger partial charge in [0, 0.05) is 10.0 Å². The summed E-state index contributed by atoms with van der Waals surface area (Å²) in [5.74, 6) is -0.228. The Morgan fingerprint density at radius 2 is 2.20 bits per heavy atom. The third kappa shape index (κ3) is 3.26. The fraction of sp³-hybridized carbons (Fsp3) is 0.182. The number of carbonyl (C=O) groups excluding carboxylic acids is 1. The van der Waals surface area contributed by atoms with Gasteiger partial charge < -0.3 is 5.32 Å². The lowest BCUT2D eigenvalue weighted by atomic mass is 10.1. The summed E-state index contributed by atoms with van der Waals surface area (Å²) in [4.78, 5) is 11.1. The van der Waals surface area contributed by atoms with Gasteiger partial charge in [-0.1, -0.05) is 35.8 Å². The number of nitrogens with one attached hydrogen (secondary N) is 1. The molecule has 1 aromatic rings. The third-order valence-electron chi connectivity index (χ3n) is 1.97. The summed E-state index contributed by atoms with van der Waals surface area (Å²) in [5.41, 5.74) is 0.830. The summed E-state index contributed by atoms with van der Waals surface area (Å²) in [5, 5.41) is 3.84. The molecule has 2 nitrogen and oxygen atoms in total. The molecule has 0 aliphatic carbocycles. The molecule has 1 aromatic carbocycles. The van der Waals surface area contributed by atoms with Gasteiger partial charge in [-0.15, -0.1) is 0 Å². The van der Waals surface area contributed by atoms with E-state index in [1.165, 1.54) is 6.08 Å². The van der Waals surface area contributed by atoms with Crippen molar-refractivity contribution >= 4 is 29.1 Å². The average molecular weight is 244 g/mol. The third-order valence-corrected chi connectivity index (χ3v) is 2.54. The highest BCUT2D eigenvalue weighted by atomic mass is 35.5. The Morgan fingerprint density at radius 1 is 1.53 bits per heavy atom. The summed E-state index contributed by atoms with van der Waals surface area (Å²) < 4.78 is 0. The number of hydrogen-bond acceptors (Lipinski definition) is 1. The van der Waals surface area contributed by atoms with Crippen LogP contribution in [0.2, 0.25) is 10.0 Å². The van der Waals surface area contributed by atoms with Gasteiger partial charge in [0.05, 0.1) is 6.04 Å². The number of benzene rings is 1. The van der Waals surface area contributed by atoms with Crippen LogP contribution in [0.5, 0.6) is 0 Å². The molecule has 0 spiro atoms. The highest BCUT2D eigenvalue weighted by Gasteiger charge is 2.10. The molecule has 4 heteroatoms. The number of hydrogen-bond donors (Lipinski definition) is 1. The molecule has 1 N–H and O–H groups in total. The zero-order valence-corrected chi connectivity index (χ0v) is 9.77. The summed E-state index contributed by atoms with van der Waals surface area (Å²) in [7, 11) is 0. The molecular formula is C11H11Cl2NO. The Balaban J connectivity index is 2.86. The first-order valence-electron chi connectivity index (χ1n) is 4.42. The van der Waals surface area contributed by atoms with Crippen molar-refractivity contribution in [2.75, 3.05) is 0 Å². The van der Waals surface area contributed by atoms with Crippen molar-refractivity contribution in [1.82, 2.24) is 5.32 Å². The van der Waals surface area contributed by atoms with Crippen LogP contribution >= 0.6 is 23.2 Å². The van der Waals surface area contributed by atoms with Gasteiger partial charge in [-0.2, -0.15) is 0 Å². The topological polar surface area (TPSA) is 29.1 Å². The quantitative estimate of drug-likeness (QED) is 0.811. The van der Waals surface area contributed by atoms with E-state index in [0.717, 1.165) is 5.56 Å². The molecule has 0 radical (unpaired) electrons. The molecule has 15 heavy (non-hydrogen) atoms. The molecule has 1 amide bonds. The molecule has 0 aliphatic heterocycles. The van der Waals surface area contributed by atoms with E-state index in [0.29, 0.717) is 10.0 Å². The molecule has 80 valence electrons. The predicted octanol–water partition coefficient (Wildman–Crippen LogP) is 3.36. The average Bonchev–Trinajstić information content (AvgIpc) is 2.17. The summed E-state index contributed by atoms with van der Waals surface area (Å²) in [6.07, 6.45) is 1.22.